The zero-order valence-corrected chi connectivity index (χ0v) is 16.9. The Kier molecular flexibility index (Phi) is 10.8. The van der Waals surface area contributed by atoms with Crippen molar-refractivity contribution in [3.05, 3.63) is 44.4 Å². The predicted octanol–water partition coefficient (Wildman–Crippen LogP) is 5.96. The molecule has 0 atom stereocenters. The molecule has 0 unspecified atom stereocenters. The number of aryl methyl sites for hydroxylation is 2. The molecule has 0 bridgehead atoms. The first kappa shape index (κ1) is 22.0. The summed E-state index contributed by atoms with van der Waals surface area (Å²) >= 11 is 22.0. The minimum atomic E-state index is 0.140. The summed E-state index contributed by atoms with van der Waals surface area (Å²) in [6.07, 6.45) is 5.39. The third-order valence-corrected chi connectivity index (χ3v) is 3.57. The lowest BCUT2D eigenvalue weighted by Gasteiger charge is -2.14. The first-order valence-electron chi connectivity index (χ1n) is 7.49. The minimum Gasteiger partial charge on any atom is -0.489 e. The quantitative estimate of drug-likeness (QED) is 0.263. The van der Waals surface area contributed by atoms with Crippen LogP contribution in [-0.4, -0.2) is 26.0 Å². The Balaban J connectivity index is 2.62. The van der Waals surface area contributed by atoms with Crippen molar-refractivity contribution >= 4 is 52.6 Å². The fraction of sp³-hybridized carbons (Fsp3) is 0.353. The van der Waals surface area contributed by atoms with E-state index in [0.29, 0.717) is 6.61 Å². The van der Waals surface area contributed by atoms with Gasteiger partial charge in [-0.25, -0.2) is 0 Å². The molecule has 8 heteroatoms. The van der Waals surface area contributed by atoms with E-state index in [9.17, 15) is 0 Å². The largest absolute Gasteiger partial charge is 0.489 e. The van der Waals surface area contributed by atoms with Crippen molar-refractivity contribution in [1.82, 2.24) is 0 Å². The van der Waals surface area contributed by atoms with E-state index >= 15 is 0 Å². The fourth-order valence-electron chi connectivity index (χ4n) is 1.91. The molecule has 0 radical (unpaired) electrons. The van der Waals surface area contributed by atoms with Crippen LogP contribution >= 0.6 is 46.4 Å². The summed E-state index contributed by atoms with van der Waals surface area (Å²) in [6.45, 7) is 4.77. The molecule has 4 nitrogen and oxygen atoms in total. The van der Waals surface area contributed by atoms with Crippen LogP contribution < -0.4 is 9.47 Å². The van der Waals surface area contributed by atoms with Gasteiger partial charge in [-0.15, -0.1) is 0 Å². The molecule has 25 heavy (non-hydrogen) atoms. The third-order valence-electron chi connectivity index (χ3n) is 2.96. The van der Waals surface area contributed by atoms with Gasteiger partial charge in [0.1, 0.15) is 40.3 Å². The standard InChI is InChI=1S/C17H19Cl4NO3/c1-3-13-11-14(23-7-4-15(18)19)10-12(2)17(13)24-9-6-22-25-8-5-16(20)21/h4-6,10-11H,3,7-9H2,1-2H3/b22-6+. The lowest BCUT2D eigenvalue weighted by atomic mass is 10.1. The van der Waals surface area contributed by atoms with E-state index in [2.05, 4.69) is 5.16 Å². The van der Waals surface area contributed by atoms with E-state index in [0.717, 1.165) is 29.0 Å². The summed E-state index contributed by atoms with van der Waals surface area (Å²) < 4.78 is 11.7. The number of benzene rings is 1. The van der Waals surface area contributed by atoms with Crippen LogP contribution in [-0.2, 0) is 11.3 Å². The second-order valence-electron chi connectivity index (χ2n) is 4.78. The van der Waals surface area contributed by atoms with Crippen LogP contribution in [0.5, 0.6) is 11.5 Å². The maximum Gasteiger partial charge on any atom is 0.138 e. The highest BCUT2D eigenvalue weighted by atomic mass is 35.5. The Hall–Kier alpha value is -1.07. The molecule has 1 rings (SSSR count). The van der Waals surface area contributed by atoms with Gasteiger partial charge < -0.3 is 14.3 Å². The van der Waals surface area contributed by atoms with Crippen molar-refractivity contribution in [2.45, 2.75) is 20.3 Å². The summed E-state index contributed by atoms with van der Waals surface area (Å²) in [4.78, 5) is 4.95. The first-order valence-corrected chi connectivity index (χ1v) is 9.00. The Morgan fingerprint density at radius 2 is 1.68 bits per heavy atom. The zero-order chi connectivity index (χ0) is 18.7. The molecule has 0 fully saturated rings. The lowest BCUT2D eigenvalue weighted by molar-refractivity contribution is 0.174. The number of hydrogen-bond acceptors (Lipinski definition) is 4. The number of hydrogen-bond donors (Lipinski definition) is 0. The normalized spacial score (nSPS) is 10.5. The molecular weight excluding hydrogens is 408 g/mol. The number of rotatable bonds is 10. The highest BCUT2D eigenvalue weighted by molar-refractivity contribution is 6.56. The van der Waals surface area contributed by atoms with Crippen molar-refractivity contribution < 1.29 is 14.3 Å². The molecule has 1 aromatic carbocycles. The molecule has 0 aliphatic carbocycles. The van der Waals surface area contributed by atoms with E-state index in [1.807, 2.05) is 26.0 Å². The van der Waals surface area contributed by atoms with Gasteiger partial charge in [0.25, 0.3) is 0 Å². The van der Waals surface area contributed by atoms with Gasteiger partial charge in [-0.1, -0.05) is 58.5 Å². The molecule has 0 aromatic heterocycles. The van der Waals surface area contributed by atoms with Gasteiger partial charge in [0.2, 0.25) is 0 Å². The van der Waals surface area contributed by atoms with Crippen LogP contribution in [0.4, 0.5) is 0 Å². The highest BCUT2D eigenvalue weighted by Crippen LogP contribution is 2.29. The maximum atomic E-state index is 5.78. The molecule has 0 heterocycles. The molecule has 0 aliphatic rings. The van der Waals surface area contributed by atoms with Gasteiger partial charge in [-0.05, 0) is 48.8 Å². The van der Waals surface area contributed by atoms with Crippen molar-refractivity contribution in [2.75, 3.05) is 19.8 Å². The van der Waals surface area contributed by atoms with Crippen molar-refractivity contribution in [1.29, 1.82) is 0 Å². The Morgan fingerprint density at radius 1 is 1.00 bits per heavy atom. The smallest absolute Gasteiger partial charge is 0.138 e. The van der Waals surface area contributed by atoms with Gasteiger partial charge in [-0.2, -0.15) is 0 Å². The second-order valence-corrected chi connectivity index (χ2v) is 6.79. The van der Waals surface area contributed by atoms with E-state index in [1.165, 1.54) is 12.3 Å². The minimum absolute atomic E-state index is 0.140. The van der Waals surface area contributed by atoms with Gasteiger partial charge in [-0.3, -0.25) is 0 Å². The van der Waals surface area contributed by atoms with Gasteiger partial charge in [0, 0.05) is 0 Å². The van der Waals surface area contributed by atoms with E-state index in [4.69, 9.17) is 60.7 Å². The molecular formula is C17H19Cl4NO3. The van der Waals surface area contributed by atoms with Gasteiger partial charge in [0.05, 0.1) is 6.21 Å². The van der Waals surface area contributed by atoms with Gasteiger partial charge >= 0.3 is 0 Å². The average Bonchev–Trinajstić information content (AvgIpc) is 2.54. The van der Waals surface area contributed by atoms with Crippen molar-refractivity contribution in [2.24, 2.45) is 5.16 Å². The van der Waals surface area contributed by atoms with Gasteiger partial charge in [0.15, 0.2) is 0 Å². The molecule has 1 aromatic rings. The van der Waals surface area contributed by atoms with Crippen molar-refractivity contribution in [3.8, 4) is 11.5 Å². The van der Waals surface area contributed by atoms with Crippen LogP contribution in [0.2, 0.25) is 0 Å². The molecule has 0 amide bonds. The highest BCUT2D eigenvalue weighted by Gasteiger charge is 2.09. The molecule has 0 spiro atoms. The SMILES string of the molecule is CCc1cc(OCC=C(Cl)Cl)cc(C)c1OC/C=N/OCC=C(Cl)Cl. The summed E-state index contributed by atoms with van der Waals surface area (Å²) in [5, 5.41) is 3.75. The third kappa shape index (κ3) is 9.26. The van der Waals surface area contributed by atoms with E-state index < -0.39 is 0 Å². The second kappa shape index (κ2) is 12.3. The summed E-state index contributed by atoms with van der Waals surface area (Å²) in [7, 11) is 0. The van der Waals surface area contributed by atoms with Crippen LogP contribution in [0, 0.1) is 6.92 Å². The molecule has 138 valence electrons. The number of oxime groups is 1. The Bertz CT molecular complexity index is 637. The number of ether oxygens (including phenoxy) is 2. The van der Waals surface area contributed by atoms with Crippen LogP contribution in [0.25, 0.3) is 0 Å². The Morgan fingerprint density at radius 3 is 2.32 bits per heavy atom. The lowest BCUT2D eigenvalue weighted by Crippen LogP contribution is -2.04. The summed E-state index contributed by atoms with van der Waals surface area (Å²) in [5.74, 6) is 1.53. The van der Waals surface area contributed by atoms with E-state index in [1.54, 1.807) is 6.08 Å². The Labute approximate surface area is 167 Å². The fourth-order valence-corrected chi connectivity index (χ4v) is 2.16. The summed E-state index contributed by atoms with van der Waals surface area (Å²) in [6, 6.07) is 3.82. The number of halogens is 4. The van der Waals surface area contributed by atoms with Crippen LogP contribution in [0.3, 0.4) is 0 Å². The monoisotopic (exact) mass is 425 g/mol. The average molecular weight is 427 g/mol. The molecule has 0 saturated carbocycles. The van der Waals surface area contributed by atoms with Crippen LogP contribution in [0.1, 0.15) is 18.1 Å². The van der Waals surface area contributed by atoms with Crippen molar-refractivity contribution in [3.63, 3.8) is 0 Å². The topological polar surface area (TPSA) is 40.0 Å². The summed E-state index contributed by atoms with van der Waals surface area (Å²) in [5.41, 5.74) is 1.99. The molecule has 0 aliphatic heterocycles. The van der Waals surface area contributed by atoms with E-state index in [-0.39, 0.29) is 22.2 Å². The van der Waals surface area contributed by atoms with Crippen LogP contribution in [0.15, 0.2) is 38.4 Å². The number of nitrogens with zero attached hydrogens (tertiary/aromatic N) is 1. The predicted molar refractivity (Wildman–Crippen MR) is 106 cm³/mol. The zero-order valence-electron chi connectivity index (χ0n) is 13.9. The molecule has 0 N–H and O–H groups in total. The maximum absolute atomic E-state index is 5.78. The first-order chi connectivity index (χ1) is 11.9. The molecule has 0 saturated heterocycles.